The number of hydrogen-bond donors (Lipinski definition) is 1. The number of nitrogens with zero attached hydrogens (tertiary/aromatic N) is 3. The van der Waals surface area contributed by atoms with Crippen LogP contribution in [0.1, 0.15) is 32.6 Å². The van der Waals surface area contributed by atoms with Gasteiger partial charge in [-0.25, -0.2) is 14.8 Å². The number of oxazole rings is 1. The number of aromatic nitrogens is 1. The maximum absolute atomic E-state index is 13.2. The summed E-state index contributed by atoms with van der Waals surface area (Å²) in [6.45, 7) is 4.36. The van der Waals surface area contributed by atoms with Gasteiger partial charge in [-0.2, -0.15) is 0 Å². The molecule has 1 saturated heterocycles. The average Bonchev–Trinajstić information content (AvgIpc) is 3.38. The van der Waals surface area contributed by atoms with E-state index in [0.29, 0.717) is 22.3 Å². The molecule has 202 valence electrons. The number of amides is 2. The van der Waals surface area contributed by atoms with Gasteiger partial charge < -0.3 is 23.5 Å². The lowest BCUT2D eigenvalue weighted by molar-refractivity contribution is -0.150. The molecular weight excluding hydrogens is 490 g/mol. The maximum Gasteiger partial charge on any atom is 0.343 e. The molecule has 10 heteroatoms. The van der Waals surface area contributed by atoms with Crippen LogP contribution >= 0.6 is 0 Å². The third-order valence-electron chi connectivity index (χ3n) is 6.63. The average molecular weight is 524 g/mol. The zero-order valence-corrected chi connectivity index (χ0v) is 22.3. The van der Waals surface area contributed by atoms with E-state index in [1.807, 2.05) is 62.4 Å². The Kier molecular flexibility index (Phi) is 7.91. The summed E-state index contributed by atoms with van der Waals surface area (Å²) in [5.41, 5.74) is 0.922. The van der Waals surface area contributed by atoms with Gasteiger partial charge in [0.25, 0.3) is 0 Å². The number of ether oxygens (including phenoxy) is 3. The fraction of sp³-hybridized carbons (Fsp3) is 0.393. The number of piperidine rings is 1. The van der Waals surface area contributed by atoms with Crippen LogP contribution in [0.2, 0.25) is 0 Å². The van der Waals surface area contributed by atoms with E-state index in [2.05, 4.69) is 0 Å². The van der Waals surface area contributed by atoms with Crippen molar-refractivity contribution < 1.29 is 33.4 Å². The van der Waals surface area contributed by atoms with Gasteiger partial charge in [0.15, 0.2) is 5.76 Å². The van der Waals surface area contributed by atoms with Crippen molar-refractivity contribution in [1.82, 2.24) is 14.9 Å². The lowest BCUT2D eigenvalue weighted by Gasteiger charge is -2.38. The Labute approximate surface area is 221 Å². The normalized spacial score (nSPS) is 14.8. The van der Waals surface area contributed by atoms with Crippen molar-refractivity contribution in [2.24, 2.45) is 0 Å². The fourth-order valence-electron chi connectivity index (χ4n) is 4.61. The summed E-state index contributed by atoms with van der Waals surface area (Å²) in [7, 11) is 4.19. The Morgan fingerprint density at radius 1 is 1.00 bits per heavy atom. The van der Waals surface area contributed by atoms with Crippen molar-refractivity contribution in [1.29, 1.82) is 0 Å². The standard InChI is InChI=1S/C28H33N3O7/c1-18(2)37-22-12-6-19(7-13-22)23-24(20-8-10-21(35-4)11-9-20)38-25(29-23)28(26(32)36-5)14-16-31(17-15-28)27(33)30(3)34/h6-13,18,34H,14-17H2,1-5H3. The molecule has 2 aromatic carbocycles. The van der Waals surface area contributed by atoms with Crippen LogP contribution in [-0.2, 0) is 14.9 Å². The predicted molar refractivity (Wildman–Crippen MR) is 139 cm³/mol. The molecular formula is C28H33N3O7. The van der Waals surface area contributed by atoms with Crippen LogP contribution < -0.4 is 9.47 Å². The van der Waals surface area contributed by atoms with Gasteiger partial charge in [0.05, 0.1) is 20.3 Å². The van der Waals surface area contributed by atoms with Crippen molar-refractivity contribution in [2.45, 2.75) is 38.2 Å². The lowest BCUT2D eigenvalue weighted by Crippen LogP contribution is -2.51. The summed E-state index contributed by atoms with van der Waals surface area (Å²) in [4.78, 5) is 31.8. The number of carbonyl (C=O) groups is 2. The molecule has 0 bridgehead atoms. The molecule has 0 radical (unpaired) electrons. The van der Waals surface area contributed by atoms with Gasteiger partial charge in [-0.05, 0) is 75.2 Å². The van der Waals surface area contributed by atoms with Crippen LogP contribution in [0.25, 0.3) is 22.6 Å². The molecule has 1 fully saturated rings. The highest BCUT2D eigenvalue weighted by Gasteiger charge is 2.49. The van der Waals surface area contributed by atoms with Crippen molar-refractivity contribution in [2.75, 3.05) is 34.4 Å². The molecule has 1 N–H and O–H groups in total. The number of hydroxylamine groups is 2. The lowest BCUT2D eigenvalue weighted by atomic mass is 9.78. The Hall–Kier alpha value is -4.05. The molecule has 2 amide bonds. The van der Waals surface area contributed by atoms with Crippen LogP contribution in [0.15, 0.2) is 52.9 Å². The van der Waals surface area contributed by atoms with E-state index >= 15 is 0 Å². The van der Waals surface area contributed by atoms with E-state index in [1.54, 1.807) is 7.11 Å². The largest absolute Gasteiger partial charge is 0.497 e. The fourth-order valence-corrected chi connectivity index (χ4v) is 4.61. The number of urea groups is 1. The van der Waals surface area contributed by atoms with E-state index < -0.39 is 17.4 Å². The van der Waals surface area contributed by atoms with Gasteiger partial charge in [-0.15, -0.1) is 0 Å². The third kappa shape index (κ3) is 5.31. The number of likely N-dealkylation sites (tertiary alicyclic amines) is 1. The molecule has 38 heavy (non-hydrogen) atoms. The zero-order chi connectivity index (χ0) is 27.4. The first-order valence-corrected chi connectivity index (χ1v) is 12.4. The van der Waals surface area contributed by atoms with E-state index in [4.69, 9.17) is 23.6 Å². The molecule has 1 aromatic heterocycles. The Morgan fingerprint density at radius 3 is 2.11 bits per heavy atom. The van der Waals surface area contributed by atoms with Gasteiger partial charge in [0.1, 0.15) is 22.6 Å². The van der Waals surface area contributed by atoms with Crippen LogP contribution in [0.3, 0.4) is 0 Å². The highest BCUT2D eigenvalue weighted by Crippen LogP contribution is 2.42. The zero-order valence-electron chi connectivity index (χ0n) is 22.3. The van der Waals surface area contributed by atoms with E-state index in [9.17, 15) is 14.8 Å². The summed E-state index contributed by atoms with van der Waals surface area (Å²) in [6.07, 6.45) is 0.489. The maximum atomic E-state index is 13.2. The van der Waals surface area contributed by atoms with Crippen molar-refractivity contribution in [3.8, 4) is 34.1 Å². The number of carbonyl (C=O) groups excluding carboxylic acids is 2. The first-order valence-electron chi connectivity index (χ1n) is 12.4. The first-order chi connectivity index (χ1) is 18.2. The topological polar surface area (TPSA) is 115 Å². The summed E-state index contributed by atoms with van der Waals surface area (Å²) in [6, 6.07) is 14.4. The summed E-state index contributed by atoms with van der Waals surface area (Å²) in [5.74, 6) is 1.66. The molecule has 0 atom stereocenters. The number of esters is 1. The van der Waals surface area contributed by atoms with Crippen molar-refractivity contribution >= 4 is 12.0 Å². The molecule has 4 rings (SSSR count). The second-order valence-electron chi connectivity index (χ2n) is 9.48. The molecule has 1 aliphatic heterocycles. The van der Waals surface area contributed by atoms with Crippen LogP contribution in [0.5, 0.6) is 11.5 Å². The number of rotatable bonds is 7. The molecule has 2 heterocycles. The first kappa shape index (κ1) is 27.0. The third-order valence-corrected chi connectivity index (χ3v) is 6.63. The highest BCUT2D eigenvalue weighted by atomic mass is 16.5. The predicted octanol–water partition coefficient (Wildman–Crippen LogP) is 4.75. The summed E-state index contributed by atoms with van der Waals surface area (Å²) < 4.78 is 22.7. The molecule has 0 unspecified atom stereocenters. The molecule has 10 nitrogen and oxygen atoms in total. The summed E-state index contributed by atoms with van der Waals surface area (Å²) >= 11 is 0. The highest BCUT2D eigenvalue weighted by molar-refractivity contribution is 5.84. The molecule has 0 saturated carbocycles. The number of hydrogen-bond acceptors (Lipinski definition) is 8. The molecule has 3 aromatic rings. The second kappa shape index (κ2) is 11.1. The molecule has 1 aliphatic rings. The van der Waals surface area contributed by atoms with Gasteiger partial charge in [0.2, 0.25) is 5.89 Å². The molecule has 0 aliphatic carbocycles. The SMILES string of the molecule is COC(=O)C1(c2nc(-c3ccc(OC(C)C)cc3)c(-c3ccc(OC)cc3)o2)CCN(C(=O)N(C)O)CC1. The Bertz CT molecular complexity index is 1260. The van der Waals surface area contributed by atoms with E-state index in [1.165, 1.54) is 19.1 Å². The van der Waals surface area contributed by atoms with Crippen LogP contribution in [0, 0.1) is 0 Å². The summed E-state index contributed by atoms with van der Waals surface area (Å²) in [5, 5.41) is 10.1. The Balaban J connectivity index is 1.79. The van der Waals surface area contributed by atoms with Crippen molar-refractivity contribution in [3.05, 3.63) is 54.4 Å². The van der Waals surface area contributed by atoms with Crippen LogP contribution in [0.4, 0.5) is 4.79 Å². The van der Waals surface area contributed by atoms with Crippen LogP contribution in [-0.4, -0.2) is 72.6 Å². The second-order valence-corrected chi connectivity index (χ2v) is 9.48. The monoisotopic (exact) mass is 523 g/mol. The van der Waals surface area contributed by atoms with Crippen molar-refractivity contribution in [3.63, 3.8) is 0 Å². The van der Waals surface area contributed by atoms with E-state index in [-0.39, 0.29) is 37.9 Å². The quantitative estimate of drug-likeness (QED) is 0.268. The van der Waals surface area contributed by atoms with E-state index in [0.717, 1.165) is 16.9 Å². The molecule has 0 spiro atoms. The van der Waals surface area contributed by atoms with Gasteiger partial charge in [0, 0.05) is 31.3 Å². The number of benzene rings is 2. The number of methoxy groups -OCH3 is 2. The smallest absolute Gasteiger partial charge is 0.343 e. The van der Waals surface area contributed by atoms with Gasteiger partial charge in [-0.3, -0.25) is 10.0 Å². The minimum Gasteiger partial charge on any atom is -0.497 e. The van der Waals surface area contributed by atoms with Gasteiger partial charge in [-0.1, -0.05) is 0 Å². The minimum absolute atomic E-state index is 0.0395. The minimum atomic E-state index is -1.19. The van der Waals surface area contributed by atoms with Gasteiger partial charge >= 0.3 is 12.0 Å². The Morgan fingerprint density at radius 2 is 1.58 bits per heavy atom.